The van der Waals surface area contributed by atoms with E-state index in [0.29, 0.717) is 0 Å². The first-order valence-corrected chi connectivity index (χ1v) is 5.88. The number of nitrogens with two attached hydrogens (primary N) is 1. The van der Waals surface area contributed by atoms with Crippen molar-refractivity contribution in [1.29, 1.82) is 0 Å². The molecule has 1 saturated heterocycles. The fourth-order valence-electron chi connectivity index (χ4n) is 2.47. The van der Waals surface area contributed by atoms with Crippen molar-refractivity contribution in [3.8, 4) is 0 Å². The van der Waals surface area contributed by atoms with Gasteiger partial charge in [0.2, 0.25) is 0 Å². The van der Waals surface area contributed by atoms with Crippen LogP contribution in [0.25, 0.3) is 0 Å². The van der Waals surface area contributed by atoms with Crippen LogP contribution in [-0.2, 0) is 6.42 Å². The van der Waals surface area contributed by atoms with Gasteiger partial charge < -0.3 is 5.73 Å². The van der Waals surface area contributed by atoms with Gasteiger partial charge in [0.1, 0.15) is 0 Å². The van der Waals surface area contributed by atoms with E-state index in [4.69, 9.17) is 5.73 Å². The maximum atomic E-state index is 5.62. The highest BCUT2D eigenvalue weighted by Gasteiger charge is 2.23. The van der Waals surface area contributed by atoms with Crippen LogP contribution in [0.4, 0.5) is 0 Å². The van der Waals surface area contributed by atoms with Crippen LogP contribution in [0, 0.1) is 0 Å². The molecule has 1 heterocycles. The Balaban J connectivity index is 1.93. The van der Waals surface area contributed by atoms with Crippen molar-refractivity contribution in [3.63, 3.8) is 0 Å². The summed E-state index contributed by atoms with van der Waals surface area (Å²) < 4.78 is 0. The molecule has 2 rings (SSSR count). The number of hydrogen-bond donors (Lipinski definition) is 1. The lowest BCUT2D eigenvalue weighted by Gasteiger charge is -2.23. The molecule has 0 aromatic heterocycles. The Morgan fingerprint density at radius 2 is 2.07 bits per heavy atom. The summed E-state index contributed by atoms with van der Waals surface area (Å²) in [5.74, 6) is 0. The summed E-state index contributed by atoms with van der Waals surface area (Å²) in [6.07, 6.45) is 3.84. The molecular weight excluding hydrogens is 184 g/mol. The van der Waals surface area contributed by atoms with Crippen LogP contribution in [0.15, 0.2) is 30.3 Å². The Labute approximate surface area is 92.1 Å². The fourth-order valence-corrected chi connectivity index (χ4v) is 2.47. The minimum absolute atomic E-state index is 0.718. The molecule has 1 aliphatic rings. The molecule has 0 spiro atoms. The van der Waals surface area contributed by atoms with Crippen LogP contribution in [0.1, 0.15) is 18.4 Å². The van der Waals surface area contributed by atoms with E-state index in [1.165, 1.54) is 31.4 Å². The van der Waals surface area contributed by atoms with Gasteiger partial charge >= 0.3 is 0 Å². The molecule has 1 fully saturated rings. The molecular formula is C13H20N2. The van der Waals surface area contributed by atoms with Gasteiger partial charge in [-0.05, 0) is 31.4 Å². The standard InChI is InChI=1S/C13H20N2/c14-8-10-15-9-4-7-13(15)11-12-5-2-1-3-6-12/h1-3,5-6,13H,4,7-11,14H2. The van der Waals surface area contributed by atoms with Gasteiger partial charge in [0.25, 0.3) is 0 Å². The molecule has 2 heteroatoms. The van der Waals surface area contributed by atoms with E-state index < -0.39 is 0 Å². The van der Waals surface area contributed by atoms with Crippen LogP contribution in [-0.4, -0.2) is 30.6 Å². The summed E-state index contributed by atoms with van der Waals surface area (Å²) in [5, 5.41) is 0. The Morgan fingerprint density at radius 3 is 2.80 bits per heavy atom. The highest BCUT2D eigenvalue weighted by atomic mass is 15.2. The fraction of sp³-hybridized carbons (Fsp3) is 0.538. The van der Waals surface area contributed by atoms with Crippen molar-refractivity contribution < 1.29 is 0 Å². The molecule has 0 aliphatic carbocycles. The average molecular weight is 204 g/mol. The second-order valence-corrected chi connectivity index (χ2v) is 4.31. The smallest absolute Gasteiger partial charge is 0.0137 e. The van der Waals surface area contributed by atoms with Crippen molar-refractivity contribution >= 4 is 0 Å². The lowest BCUT2D eigenvalue weighted by atomic mass is 10.0. The summed E-state index contributed by atoms with van der Waals surface area (Å²) in [5.41, 5.74) is 7.07. The molecule has 1 aliphatic heterocycles. The van der Waals surface area contributed by atoms with Gasteiger partial charge in [-0.1, -0.05) is 30.3 Å². The molecule has 2 N–H and O–H groups in total. The van der Waals surface area contributed by atoms with E-state index in [1.807, 2.05) is 0 Å². The average Bonchev–Trinajstić information content (AvgIpc) is 2.68. The summed E-state index contributed by atoms with van der Waals surface area (Å²) in [6.45, 7) is 3.07. The normalized spacial score (nSPS) is 22.1. The molecule has 0 amide bonds. The van der Waals surface area contributed by atoms with Crippen LogP contribution in [0.5, 0.6) is 0 Å². The minimum Gasteiger partial charge on any atom is -0.329 e. The number of likely N-dealkylation sites (tertiary alicyclic amines) is 1. The Hall–Kier alpha value is -0.860. The number of hydrogen-bond acceptors (Lipinski definition) is 2. The van der Waals surface area contributed by atoms with Crippen LogP contribution in [0.3, 0.4) is 0 Å². The van der Waals surface area contributed by atoms with E-state index in [1.54, 1.807) is 0 Å². The van der Waals surface area contributed by atoms with E-state index >= 15 is 0 Å². The highest BCUT2D eigenvalue weighted by Crippen LogP contribution is 2.20. The van der Waals surface area contributed by atoms with Gasteiger partial charge in [-0.3, -0.25) is 4.90 Å². The first-order valence-electron chi connectivity index (χ1n) is 5.88. The number of benzene rings is 1. The molecule has 0 radical (unpaired) electrons. The molecule has 1 aromatic rings. The Bertz CT molecular complexity index is 284. The third kappa shape index (κ3) is 2.80. The topological polar surface area (TPSA) is 29.3 Å². The van der Waals surface area contributed by atoms with E-state index in [-0.39, 0.29) is 0 Å². The van der Waals surface area contributed by atoms with E-state index in [0.717, 1.165) is 19.1 Å². The number of nitrogens with zero attached hydrogens (tertiary/aromatic N) is 1. The zero-order valence-corrected chi connectivity index (χ0v) is 9.23. The zero-order valence-electron chi connectivity index (χ0n) is 9.23. The first-order chi connectivity index (χ1) is 7.40. The van der Waals surface area contributed by atoms with Gasteiger partial charge in [-0.15, -0.1) is 0 Å². The summed E-state index contributed by atoms with van der Waals surface area (Å²) >= 11 is 0. The summed E-state index contributed by atoms with van der Waals surface area (Å²) in [4.78, 5) is 2.53. The summed E-state index contributed by atoms with van der Waals surface area (Å²) in [7, 11) is 0. The van der Waals surface area contributed by atoms with Crippen molar-refractivity contribution in [2.24, 2.45) is 5.73 Å². The van der Waals surface area contributed by atoms with E-state index in [2.05, 4.69) is 35.2 Å². The predicted molar refractivity (Wildman–Crippen MR) is 63.8 cm³/mol. The van der Waals surface area contributed by atoms with Crippen molar-refractivity contribution in [2.45, 2.75) is 25.3 Å². The lowest BCUT2D eigenvalue weighted by Crippen LogP contribution is -2.35. The second kappa shape index (κ2) is 5.29. The number of rotatable bonds is 4. The third-order valence-corrected chi connectivity index (χ3v) is 3.23. The molecule has 1 atom stereocenters. The predicted octanol–water partition coefficient (Wildman–Crippen LogP) is 1.65. The molecule has 0 saturated carbocycles. The largest absolute Gasteiger partial charge is 0.329 e. The van der Waals surface area contributed by atoms with Crippen molar-refractivity contribution in [1.82, 2.24) is 4.90 Å². The molecule has 0 bridgehead atoms. The van der Waals surface area contributed by atoms with Gasteiger partial charge in [-0.2, -0.15) is 0 Å². The van der Waals surface area contributed by atoms with Gasteiger partial charge in [0.15, 0.2) is 0 Å². The maximum absolute atomic E-state index is 5.62. The minimum atomic E-state index is 0.718. The van der Waals surface area contributed by atoms with Gasteiger partial charge in [-0.25, -0.2) is 0 Å². The summed E-state index contributed by atoms with van der Waals surface area (Å²) in [6, 6.07) is 11.5. The van der Waals surface area contributed by atoms with Gasteiger partial charge in [0, 0.05) is 19.1 Å². The lowest BCUT2D eigenvalue weighted by molar-refractivity contribution is 0.259. The first kappa shape index (κ1) is 10.7. The SMILES string of the molecule is NCCN1CCCC1Cc1ccccc1. The zero-order chi connectivity index (χ0) is 10.5. The van der Waals surface area contributed by atoms with Gasteiger partial charge in [0.05, 0.1) is 0 Å². The Morgan fingerprint density at radius 1 is 1.27 bits per heavy atom. The highest BCUT2D eigenvalue weighted by molar-refractivity contribution is 5.16. The van der Waals surface area contributed by atoms with Crippen LogP contribution in [0.2, 0.25) is 0 Å². The third-order valence-electron chi connectivity index (χ3n) is 3.23. The maximum Gasteiger partial charge on any atom is 0.0137 e. The quantitative estimate of drug-likeness (QED) is 0.808. The van der Waals surface area contributed by atoms with Crippen LogP contribution < -0.4 is 5.73 Å². The molecule has 82 valence electrons. The monoisotopic (exact) mass is 204 g/mol. The molecule has 1 unspecified atom stereocenters. The van der Waals surface area contributed by atoms with Crippen molar-refractivity contribution in [3.05, 3.63) is 35.9 Å². The van der Waals surface area contributed by atoms with E-state index in [9.17, 15) is 0 Å². The Kier molecular flexibility index (Phi) is 3.75. The molecule has 1 aromatic carbocycles. The molecule has 15 heavy (non-hydrogen) atoms. The second-order valence-electron chi connectivity index (χ2n) is 4.31. The molecule has 2 nitrogen and oxygen atoms in total. The van der Waals surface area contributed by atoms with Crippen molar-refractivity contribution in [2.75, 3.05) is 19.6 Å². The van der Waals surface area contributed by atoms with Crippen LogP contribution >= 0.6 is 0 Å².